The number of amides is 1. The van der Waals surface area contributed by atoms with E-state index in [9.17, 15) is 9.90 Å². The first-order valence-corrected chi connectivity index (χ1v) is 9.66. The van der Waals surface area contributed by atoms with E-state index in [1.165, 1.54) is 17.7 Å². The number of aromatic hydroxyl groups is 1. The zero-order valence-corrected chi connectivity index (χ0v) is 17.0. The number of phenols is 1. The fraction of sp³-hybridized carbons (Fsp3) is 0.227. The molecule has 8 nitrogen and oxygen atoms in total. The highest BCUT2D eigenvalue weighted by Gasteiger charge is 2.08. The van der Waals surface area contributed by atoms with Crippen LogP contribution in [0.4, 0.5) is 5.69 Å². The van der Waals surface area contributed by atoms with Crippen molar-refractivity contribution in [1.82, 2.24) is 15.6 Å². The number of anilines is 1. The summed E-state index contributed by atoms with van der Waals surface area (Å²) in [6.45, 7) is 4.97. The molecule has 0 aliphatic carbocycles. The van der Waals surface area contributed by atoms with E-state index in [0.717, 1.165) is 5.56 Å². The lowest BCUT2D eigenvalue weighted by Crippen LogP contribution is -2.41. The van der Waals surface area contributed by atoms with Crippen LogP contribution in [0.5, 0.6) is 5.75 Å². The average molecular weight is 407 g/mol. The summed E-state index contributed by atoms with van der Waals surface area (Å²) in [5.41, 5.74) is 3.38. The van der Waals surface area contributed by atoms with Gasteiger partial charge in [0.15, 0.2) is 5.96 Å². The largest absolute Gasteiger partial charge is 0.508 e. The second-order valence-electron chi connectivity index (χ2n) is 6.65. The van der Waals surface area contributed by atoms with E-state index in [2.05, 4.69) is 25.9 Å². The van der Waals surface area contributed by atoms with Crippen molar-refractivity contribution in [3.8, 4) is 17.2 Å². The van der Waals surface area contributed by atoms with Crippen LogP contribution in [0.2, 0.25) is 0 Å². The number of nitrogens with zero attached hydrogens (tertiary/aromatic N) is 2. The van der Waals surface area contributed by atoms with Crippen LogP contribution >= 0.6 is 0 Å². The zero-order chi connectivity index (χ0) is 21.3. The molecule has 0 aliphatic rings. The van der Waals surface area contributed by atoms with Crippen LogP contribution in [0.1, 0.15) is 18.2 Å². The van der Waals surface area contributed by atoms with Gasteiger partial charge in [-0.1, -0.05) is 17.7 Å². The molecule has 4 N–H and O–H groups in total. The molecule has 2 aromatic carbocycles. The summed E-state index contributed by atoms with van der Waals surface area (Å²) in [5.74, 6) is 0.963. The Bertz CT molecular complexity index is 994. The molecule has 8 heteroatoms. The molecule has 0 aliphatic heterocycles. The van der Waals surface area contributed by atoms with Gasteiger partial charge in [0.2, 0.25) is 11.8 Å². The molecule has 1 amide bonds. The highest BCUT2D eigenvalue weighted by molar-refractivity contribution is 5.95. The molecule has 0 radical (unpaired) electrons. The number of aliphatic imine (C=N–C) groups is 1. The van der Waals surface area contributed by atoms with Crippen LogP contribution < -0.4 is 16.0 Å². The maximum atomic E-state index is 12.1. The summed E-state index contributed by atoms with van der Waals surface area (Å²) >= 11 is 0. The summed E-state index contributed by atoms with van der Waals surface area (Å²) in [5, 5.41) is 18.1. The van der Waals surface area contributed by atoms with Gasteiger partial charge < -0.3 is 25.5 Å². The second kappa shape index (κ2) is 10.1. The van der Waals surface area contributed by atoms with Gasteiger partial charge in [-0.15, -0.1) is 0 Å². The smallest absolute Gasteiger partial charge is 0.243 e. The normalized spacial score (nSPS) is 11.2. The van der Waals surface area contributed by atoms with Gasteiger partial charge in [0.1, 0.15) is 17.7 Å². The van der Waals surface area contributed by atoms with Gasteiger partial charge >= 0.3 is 0 Å². The van der Waals surface area contributed by atoms with Crippen molar-refractivity contribution in [2.24, 2.45) is 4.99 Å². The van der Waals surface area contributed by atoms with Crippen LogP contribution in [0.15, 0.2) is 64.2 Å². The highest BCUT2D eigenvalue weighted by Crippen LogP contribution is 2.19. The maximum Gasteiger partial charge on any atom is 0.243 e. The fourth-order valence-corrected chi connectivity index (χ4v) is 2.62. The number of aryl methyl sites for hydroxylation is 1. The van der Waals surface area contributed by atoms with Crippen molar-refractivity contribution >= 4 is 17.6 Å². The minimum Gasteiger partial charge on any atom is -0.508 e. The van der Waals surface area contributed by atoms with Gasteiger partial charge in [0.25, 0.3) is 0 Å². The molecule has 0 saturated carbocycles. The lowest BCUT2D eigenvalue weighted by atomic mass is 10.1. The van der Waals surface area contributed by atoms with Crippen LogP contribution in [-0.2, 0) is 11.3 Å². The number of oxazole rings is 1. The number of hydrogen-bond donors (Lipinski definition) is 4. The highest BCUT2D eigenvalue weighted by atomic mass is 16.3. The van der Waals surface area contributed by atoms with E-state index in [-0.39, 0.29) is 18.2 Å². The molecule has 3 aromatic rings. The Labute approximate surface area is 175 Å². The summed E-state index contributed by atoms with van der Waals surface area (Å²) in [6.07, 6.45) is 1.58. The van der Waals surface area contributed by atoms with E-state index in [0.29, 0.717) is 36.3 Å². The predicted octanol–water partition coefficient (Wildman–Crippen LogP) is 3.05. The molecule has 1 aromatic heterocycles. The first-order valence-electron chi connectivity index (χ1n) is 9.66. The summed E-state index contributed by atoms with van der Waals surface area (Å²) in [6, 6.07) is 14.2. The van der Waals surface area contributed by atoms with Crippen molar-refractivity contribution < 1.29 is 14.3 Å². The molecule has 0 unspecified atom stereocenters. The Morgan fingerprint density at radius 1 is 1.10 bits per heavy atom. The number of carbonyl (C=O) groups is 1. The lowest BCUT2D eigenvalue weighted by molar-refractivity contribution is -0.115. The van der Waals surface area contributed by atoms with Crippen LogP contribution in [0.3, 0.4) is 0 Å². The molecule has 0 bridgehead atoms. The standard InChI is InChI=1S/C22H25N5O3/c1-3-23-22(25-13-20(29)26-17-8-10-19(28)11-9-17)24-12-18-14-30-21(27-18)16-6-4-15(2)5-7-16/h4-11,14,28H,3,12-13H2,1-2H3,(H,26,29)(H2,23,24,25). The molecule has 0 spiro atoms. The van der Waals surface area contributed by atoms with Crippen molar-refractivity contribution in [1.29, 1.82) is 0 Å². The molecule has 30 heavy (non-hydrogen) atoms. The molecule has 1 heterocycles. The van der Waals surface area contributed by atoms with Gasteiger partial charge in [-0.25, -0.2) is 9.98 Å². The molecular weight excluding hydrogens is 382 g/mol. The average Bonchev–Trinajstić information content (AvgIpc) is 3.21. The number of nitrogens with one attached hydrogen (secondary N) is 3. The Morgan fingerprint density at radius 2 is 1.83 bits per heavy atom. The first-order chi connectivity index (χ1) is 14.5. The Balaban J connectivity index is 1.55. The number of hydrogen-bond acceptors (Lipinski definition) is 5. The molecule has 3 rings (SSSR count). The molecule has 0 saturated heterocycles. The summed E-state index contributed by atoms with van der Waals surface area (Å²) in [7, 11) is 0. The van der Waals surface area contributed by atoms with Gasteiger partial charge in [-0.2, -0.15) is 0 Å². The SMILES string of the molecule is CCNC(=NCc1coc(-c2ccc(C)cc2)n1)NCC(=O)Nc1ccc(O)cc1. The van der Waals surface area contributed by atoms with Crippen molar-refractivity contribution in [2.45, 2.75) is 20.4 Å². The third-order valence-electron chi connectivity index (χ3n) is 4.16. The quantitative estimate of drug-likeness (QED) is 0.272. The van der Waals surface area contributed by atoms with Gasteiger partial charge in [0.05, 0.1) is 13.1 Å². The molecular formula is C22H25N5O3. The second-order valence-corrected chi connectivity index (χ2v) is 6.65. The van der Waals surface area contributed by atoms with Gasteiger partial charge in [-0.05, 0) is 50.2 Å². The van der Waals surface area contributed by atoms with Gasteiger partial charge in [-0.3, -0.25) is 4.79 Å². The summed E-state index contributed by atoms with van der Waals surface area (Å²) in [4.78, 5) is 21.0. The topological polar surface area (TPSA) is 112 Å². The van der Waals surface area contributed by atoms with E-state index < -0.39 is 0 Å². The maximum absolute atomic E-state index is 12.1. The summed E-state index contributed by atoms with van der Waals surface area (Å²) < 4.78 is 5.55. The Hall–Kier alpha value is -3.81. The predicted molar refractivity (Wildman–Crippen MR) is 116 cm³/mol. The Morgan fingerprint density at radius 3 is 2.53 bits per heavy atom. The Kier molecular flexibility index (Phi) is 7.05. The van der Waals surface area contributed by atoms with Crippen LogP contribution in [0, 0.1) is 6.92 Å². The minimum atomic E-state index is -0.227. The zero-order valence-electron chi connectivity index (χ0n) is 17.0. The van der Waals surface area contributed by atoms with E-state index >= 15 is 0 Å². The van der Waals surface area contributed by atoms with Crippen molar-refractivity contribution in [3.05, 3.63) is 66.1 Å². The number of aromatic nitrogens is 1. The lowest BCUT2D eigenvalue weighted by Gasteiger charge is -2.11. The van der Waals surface area contributed by atoms with E-state index in [1.54, 1.807) is 18.4 Å². The van der Waals surface area contributed by atoms with Gasteiger partial charge in [0, 0.05) is 17.8 Å². The number of carbonyl (C=O) groups excluding carboxylic acids is 1. The molecule has 156 valence electrons. The number of phenolic OH excluding ortho intramolecular Hbond substituents is 1. The van der Waals surface area contributed by atoms with Crippen molar-refractivity contribution in [2.75, 3.05) is 18.4 Å². The van der Waals surface area contributed by atoms with E-state index in [1.807, 2.05) is 38.1 Å². The third kappa shape index (κ3) is 6.10. The monoisotopic (exact) mass is 407 g/mol. The minimum absolute atomic E-state index is 0.0418. The first kappa shape index (κ1) is 20.9. The van der Waals surface area contributed by atoms with Crippen LogP contribution in [-0.4, -0.2) is 35.0 Å². The number of guanidine groups is 1. The molecule has 0 atom stereocenters. The van der Waals surface area contributed by atoms with Crippen molar-refractivity contribution in [3.63, 3.8) is 0 Å². The number of rotatable bonds is 7. The molecule has 0 fully saturated rings. The van der Waals surface area contributed by atoms with E-state index in [4.69, 9.17) is 4.42 Å². The van der Waals surface area contributed by atoms with Crippen LogP contribution in [0.25, 0.3) is 11.5 Å². The number of benzene rings is 2. The fourth-order valence-electron chi connectivity index (χ4n) is 2.62. The third-order valence-corrected chi connectivity index (χ3v) is 4.16.